The summed E-state index contributed by atoms with van der Waals surface area (Å²) in [6.45, 7) is 3.65. The molecule has 1 amide bonds. The molecule has 5 heteroatoms. The first kappa shape index (κ1) is 14.7. The van der Waals surface area contributed by atoms with Gasteiger partial charge in [-0.2, -0.15) is 11.8 Å². The smallest absolute Gasteiger partial charge is 0.239 e. The molecule has 0 aromatic heterocycles. The Morgan fingerprint density at radius 1 is 1.60 bits per heavy atom. The number of hydrogen-bond donors (Lipinski definition) is 2. The highest BCUT2D eigenvalue weighted by Gasteiger charge is 2.22. The molecule has 0 unspecified atom stereocenters. The highest BCUT2D eigenvalue weighted by Crippen LogP contribution is 2.06. The van der Waals surface area contributed by atoms with E-state index in [0.29, 0.717) is 13.0 Å². The summed E-state index contributed by atoms with van der Waals surface area (Å²) in [5.41, 5.74) is 4.87. The number of likely N-dealkylation sites (N-methyl/N-ethyl adjacent to an activating group) is 1. The van der Waals surface area contributed by atoms with Gasteiger partial charge in [-0.25, -0.2) is 0 Å². The normalized spacial score (nSPS) is 13.7. The van der Waals surface area contributed by atoms with Gasteiger partial charge in [-0.05, 0) is 32.3 Å². The summed E-state index contributed by atoms with van der Waals surface area (Å²) in [6.07, 6.45) is 2.66. The lowest BCUT2D eigenvalue weighted by Crippen LogP contribution is -2.47. The van der Waals surface area contributed by atoms with E-state index in [1.165, 1.54) is 4.90 Å². The highest BCUT2D eigenvalue weighted by atomic mass is 32.2. The van der Waals surface area contributed by atoms with Gasteiger partial charge in [0.2, 0.25) is 5.91 Å². The molecule has 0 heterocycles. The number of amides is 1. The van der Waals surface area contributed by atoms with Gasteiger partial charge >= 0.3 is 0 Å². The number of rotatable bonds is 6. The predicted octanol–water partition coefficient (Wildman–Crippen LogP) is 0.296. The molecule has 0 aliphatic carbocycles. The van der Waals surface area contributed by atoms with Gasteiger partial charge in [-0.15, -0.1) is 0 Å². The average Bonchev–Trinajstić information content (AvgIpc) is 2.10. The quantitative estimate of drug-likeness (QED) is 0.693. The number of hydrogen-bond acceptors (Lipinski definition) is 4. The molecule has 0 rings (SSSR count). The second-order valence-electron chi connectivity index (χ2n) is 4.39. The number of thioether (sulfide) groups is 1. The topological polar surface area (TPSA) is 66.6 Å². The molecule has 0 fully saturated rings. The summed E-state index contributed by atoms with van der Waals surface area (Å²) in [5, 5.41) is 9.56. The van der Waals surface area contributed by atoms with Gasteiger partial charge in [0.15, 0.2) is 0 Å². The summed E-state index contributed by atoms with van der Waals surface area (Å²) < 4.78 is 0. The fourth-order valence-corrected chi connectivity index (χ4v) is 1.80. The van der Waals surface area contributed by atoms with Crippen molar-refractivity contribution in [1.29, 1.82) is 0 Å². The van der Waals surface area contributed by atoms with Crippen molar-refractivity contribution in [2.45, 2.75) is 31.9 Å². The molecule has 0 saturated heterocycles. The Labute approximate surface area is 96.2 Å². The van der Waals surface area contributed by atoms with E-state index in [2.05, 4.69) is 0 Å². The van der Waals surface area contributed by atoms with E-state index in [1.807, 2.05) is 6.26 Å². The maximum Gasteiger partial charge on any atom is 0.239 e. The van der Waals surface area contributed by atoms with Crippen molar-refractivity contribution < 1.29 is 9.90 Å². The Morgan fingerprint density at radius 2 is 2.13 bits per heavy atom. The summed E-state index contributed by atoms with van der Waals surface area (Å²) in [6, 6.07) is -0.454. The highest BCUT2D eigenvalue weighted by molar-refractivity contribution is 7.98. The number of carbonyl (C=O) groups excluding carboxylic acids is 1. The summed E-state index contributed by atoms with van der Waals surface area (Å²) in [4.78, 5) is 13.2. The number of carbonyl (C=O) groups is 1. The van der Waals surface area contributed by atoms with Gasteiger partial charge < -0.3 is 15.7 Å². The van der Waals surface area contributed by atoms with Crippen LogP contribution in [0.4, 0.5) is 0 Å². The van der Waals surface area contributed by atoms with E-state index in [-0.39, 0.29) is 5.91 Å². The Morgan fingerprint density at radius 3 is 2.53 bits per heavy atom. The Kier molecular flexibility index (Phi) is 6.24. The monoisotopic (exact) mass is 234 g/mol. The van der Waals surface area contributed by atoms with Crippen LogP contribution < -0.4 is 5.73 Å². The van der Waals surface area contributed by atoms with Gasteiger partial charge in [0, 0.05) is 13.6 Å². The molecule has 0 aliphatic rings. The molecular weight excluding hydrogens is 212 g/mol. The largest absolute Gasteiger partial charge is 0.389 e. The Balaban J connectivity index is 4.08. The first-order chi connectivity index (χ1) is 6.78. The summed E-state index contributed by atoms with van der Waals surface area (Å²) in [7, 11) is 1.67. The third-order valence-electron chi connectivity index (χ3n) is 1.95. The second kappa shape index (κ2) is 6.35. The molecule has 3 N–H and O–H groups in total. The van der Waals surface area contributed by atoms with Crippen LogP contribution in [0.3, 0.4) is 0 Å². The molecule has 1 atom stereocenters. The molecule has 0 aromatic rings. The molecule has 0 aliphatic heterocycles. The molecule has 0 radical (unpaired) electrons. The number of aliphatic hydroxyl groups is 1. The van der Waals surface area contributed by atoms with Crippen LogP contribution in [0, 0.1) is 0 Å². The van der Waals surface area contributed by atoms with Crippen LogP contribution in [0.25, 0.3) is 0 Å². The van der Waals surface area contributed by atoms with Crippen molar-refractivity contribution >= 4 is 17.7 Å². The fourth-order valence-electron chi connectivity index (χ4n) is 1.31. The van der Waals surface area contributed by atoms with Crippen LogP contribution in [0.15, 0.2) is 0 Å². The third-order valence-corrected chi connectivity index (χ3v) is 2.59. The van der Waals surface area contributed by atoms with E-state index in [9.17, 15) is 9.90 Å². The maximum atomic E-state index is 11.7. The van der Waals surface area contributed by atoms with Crippen LogP contribution in [0.5, 0.6) is 0 Å². The van der Waals surface area contributed by atoms with Crippen molar-refractivity contribution in [2.24, 2.45) is 5.73 Å². The fraction of sp³-hybridized carbons (Fsp3) is 0.900. The van der Waals surface area contributed by atoms with Crippen molar-refractivity contribution in [2.75, 3.05) is 25.6 Å². The minimum atomic E-state index is -0.871. The minimum absolute atomic E-state index is 0.105. The molecule has 15 heavy (non-hydrogen) atoms. The van der Waals surface area contributed by atoms with Crippen LogP contribution >= 0.6 is 11.8 Å². The van der Waals surface area contributed by atoms with Crippen LogP contribution in [0.2, 0.25) is 0 Å². The van der Waals surface area contributed by atoms with Crippen LogP contribution in [-0.4, -0.2) is 53.2 Å². The SMILES string of the molecule is CSCC[C@@H](N)C(=O)N(C)CC(C)(C)O. The van der Waals surface area contributed by atoms with Crippen molar-refractivity contribution in [3.63, 3.8) is 0 Å². The lowest BCUT2D eigenvalue weighted by Gasteiger charge is -2.27. The minimum Gasteiger partial charge on any atom is -0.389 e. The Bertz CT molecular complexity index is 204. The first-order valence-electron chi connectivity index (χ1n) is 5.00. The van der Waals surface area contributed by atoms with Gasteiger partial charge in [0.05, 0.1) is 11.6 Å². The summed E-state index contributed by atoms with van der Waals surface area (Å²) in [5.74, 6) is 0.773. The van der Waals surface area contributed by atoms with Crippen LogP contribution in [-0.2, 0) is 4.79 Å². The van der Waals surface area contributed by atoms with Gasteiger partial charge in [-0.1, -0.05) is 0 Å². The van der Waals surface area contributed by atoms with Crippen LogP contribution in [0.1, 0.15) is 20.3 Å². The lowest BCUT2D eigenvalue weighted by molar-refractivity contribution is -0.133. The zero-order chi connectivity index (χ0) is 12.1. The lowest BCUT2D eigenvalue weighted by atomic mass is 10.1. The van der Waals surface area contributed by atoms with E-state index < -0.39 is 11.6 Å². The van der Waals surface area contributed by atoms with Gasteiger partial charge in [-0.3, -0.25) is 4.79 Å². The molecule has 0 bridgehead atoms. The Hall–Kier alpha value is -0.260. The molecule has 0 aromatic carbocycles. The van der Waals surface area contributed by atoms with Gasteiger partial charge in [0.1, 0.15) is 0 Å². The molecule has 4 nitrogen and oxygen atoms in total. The molecule has 0 spiro atoms. The van der Waals surface area contributed by atoms with Crippen molar-refractivity contribution in [1.82, 2.24) is 4.90 Å². The van der Waals surface area contributed by atoms with Crippen molar-refractivity contribution in [3.8, 4) is 0 Å². The van der Waals surface area contributed by atoms with E-state index in [4.69, 9.17) is 5.73 Å². The maximum absolute atomic E-state index is 11.7. The molecule has 0 saturated carbocycles. The van der Waals surface area contributed by atoms with E-state index in [1.54, 1.807) is 32.7 Å². The zero-order valence-corrected chi connectivity index (χ0v) is 10.8. The zero-order valence-electron chi connectivity index (χ0n) is 9.99. The average molecular weight is 234 g/mol. The standard InChI is InChI=1S/C10H22N2O2S/c1-10(2,14)7-12(3)9(13)8(11)5-6-15-4/h8,14H,5-7,11H2,1-4H3/t8-/m1/s1. The second-order valence-corrected chi connectivity index (χ2v) is 5.38. The third kappa shape index (κ3) is 6.76. The van der Waals surface area contributed by atoms with Gasteiger partial charge in [0.25, 0.3) is 0 Å². The number of nitrogens with zero attached hydrogens (tertiary/aromatic N) is 1. The predicted molar refractivity (Wildman–Crippen MR) is 64.9 cm³/mol. The van der Waals surface area contributed by atoms with E-state index >= 15 is 0 Å². The van der Waals surface area contributed by atoms with Crippen molar-refractivity contribution in [3.05, 3.63) is 0 Å². The molecule has 90 valence electrons. The van der Waals surface area contributed by atoms with E-state index in [0.717, 1.165) is 5.75 Å². The summed E-state index contributed by atoms with van der Waals surface area (Å²) >= 11 is 1.67. The number of nitrogens with two attached hydrogens (primary N) is 1. The first-order valence-corrected chi connectivity index (χ1v) is 6.39. The molecular formula is C10H22N2O2S.